The lowest BCUT2D eigenvalue weighted by Crippen LogP contribution is -2.42. The first kappa shape index (κ1) is 10.0. The molecular formula is C10H21NO. The summed E-state index contributed by atoms with van der Waals surface area (Å²) >= 11 is 0. The normalized spacial score (nSPS) is 27.5. The second-order valence-electron chi connectivity index (χ2n) is 5.09. The van der Waals surface area contributed by atoms with Gasteiger partial charge in [-0.1, -0.05) is 20.8 Å². The zero-order chi connectivity index (χ0) is 9.19. The van der Waals surface area contributed by atoms with Gasteiger partial charge in [0.15, 0.2) is 0 Å². The van der Waals surface area contributed by atoms with Crippen LogP contribution in [-0.4, -0.2) is 35.7 Å². The van der Waals surface area contributed by atoms with Crippen LogP contribution in [0.4, 0.5) is 0 Å². The highest BCUT2D eigenvalue weighted by Crippen LogP contribution is 2.18. The minimum Gasteiger partial charge on any atom is -0.392 e. The minimum atomic E-state index is -0.0823. The summed E-state index contributed by atoms with van der Waals surface area (Å²) in [5.41, 5.74) is 0.358. The highest BCUT2D eigenvalue weighted by Gasteiger charge is 2.21. The zero-order valence-corrected chi connectivity index (χ0v) is 8.51. The van der Waals surface area contributed by atoms with Crippen molar-refractivity contribution >= 4 is 0 Å². The molecule has 2 heteroatoms. The summed E-state index contributed by atoms with van der Waals surface area (Å²) in [5.74, 6) is 0. The third-order valence-electron chi connectivity index (χ3n) is 2.18. The molecule has 12 heavy (non-hydrogen) atoms. The van der Waals surface area contributed by atoms with Crippen molar-refractivity contribution in [2.45, 2.75) is 39.7 Å². The molecular weight excluding hydrogens is 150 g/mol. The topological polar surface area (TPSA) is 23.5 Å². The fraction of sp³-hybridized carbons (Fsp3) is 1.00. The van der Waals surface area contributed by atoms with Gasteiger partial charge in [-0.25, -0.2) is 0 Å². The van der Waals surface area contributed by atoms with E-state index in [4.69, 9.17) is 0 Å². The number of hydrogen-bond donors (Lipinski definition) is 1. The second-order valence-corrected chi connectivity index (χ2v) is 5.09. The van der Waals surface area contributed by atoms with Crippen molar-refractivity contribution in [3.63, 3.8) is 0 Å². The van der Waals surface area contributed by atoms with Crippen molar-refractivity contribution in [2.75, 3.05) is 19.6 Å². The first-order chi connectivity index (χ1) is 5.47. The van der Waals surface area contributed by atoms with E-state index in [1.807, 2.05) is 0 Å². The third-order valence-corrected chi connectivity index (χ3v) is 2.18. The third kappa shape index (κ3) is 3.55. The van der Waals surface area contributed by atoms with Gasteiger partial charge in [0, 0.05) is 13.1 Å². The van der Waals surface area contributed by atoms with Crippen LogP contribution in [0.3, 0.4) is 0 Å². The van der Waals surface area contributed by atoms with Gasteiger partial charge >= 0.3 is 0 Å². The van der Waals surface area contributed by atoms with Crippen LogP contribution in [0.1, 0.15) is 33.6 Å². The Labute approximate surface area is 75.6 Å². The smallest absolute Gasteiger partial charge is 0.0667 e. The van der Waals surface area contributed by atoms with E-state index in [0.717, 1.165) is 32.5 Å². The summed E-state index contributed by atoms with van der Waals surface area (Å²) in [6.45, 7) is 9.87. The molecule has 0 aromatic carbocycles. The van der Waals surface area contributed by atoms with E-state index in [2.05, 4.69) is 25.7 Å². The molecule has 1 fully saturated rings. The average molecular weight is 171 g/mol. The maximum absolute atomic E-state index is 9.43. The van der Waals surface area contributed by atoms with Crippen molar-refractivity contribution in [3.05, 3.63) is 0 Å². The van der Waals surface area contributed by atoms with E-state index < -0.39 is 0 Å². The molecule has 1 aliphatic rings. The molecule has 0 aliphatic carbocycles. The van der Waals surface area contributed by atoms with E-state index in [9.17, 15) is 5.11 Å². The summed E-state index contributed by atoms with van der Waals surface area (Å²) in [6, 6.07) is 0. The summed E-state index contributed by atoms with van der Waals surface area (Å²) in [5, 5.41) is 9.43. The number of hydrogen-bond acceptors (Lipinski definition) is 2. The van der Waals surface area contributed by atoms with Gasteiger partial charge in [-0.05, 0) is 24.8 Å². The predicted octanol–water partition coefficient (Wildman–Crippen LogP) is 1.49. The van der Waals surface area contributed by atoms with Crippen LogP contribution < -0.4 is 0 Å². The van der Waals surface area contributed by atoms with Crippen molar-refractivity contribution in [1.29, 1.82) is 0 Å². The maximum atomic E-state index is 9.43. The lowest BCUT2D eigenvalue weighted by Gasteiger charge is -2.34. The molecule has 0 saturated carbocycles. The Morgan fingerprint density at radius 1 is 1.42 bits per heavy atom. The molecule has 0 aromatic heterocycles. The Bertz CT molecular complexity index is 139. The first-order valence-electron chi connectivity index (χ1n) is 4.88. The minimum absolute atomic E-state index is 0.0823. The number of aliphatic hydroxyl groups excluding tert-OH is 1. The van der Waals surface area contributed by atoms with Gasteiger partial charge < -0.3 is 10.0 Å². The van der Waals surface area contributed by atoms with Crippen LogP contribution in [0.5, 0.6) is 0 Å². The van der Waals surface area contributed by atoms with E-state index >= 15 is 0 Å². The van der Waals surface area contributed by atoms with Crippen LogP contribution >= 0.6 is 0 Å². The van der Waals surface area contributed by atoms with Crippen LogP contribution in [-0.2, 0) is 0 Å². The molecule has 0 radical (unpaired) electrons. The van der Waals surface area contributed by atoms with Crippen molar-refractivity contribution < 1.29 is 5.11 Å². The average Bonchev–Trinajstić information content (AvgIpc) is 1.82. The molecule has 1 rings (SSSR count). The van der Waals surface area contributed by atoms with Gasteiger partial charge in [-0.3, -0.25) is 0 Å². The number of nitrogens with zero attached hydrogens (tertiary/aromatic N) is 1. The molecule has 1 aliphatic heterocycles. The SMILES string of the molecule is CC(C)(C)CN1CCC[C@@H](O)C1. The Morgan fingerprint density at radius 3 is 2.58 bits per heavy atom. The Balaban J connectivity index is 2.32. The largest absolute Gasteiger partial charge is 0.392 e. The van der Waals surface area contributed by atoms with Gasteiger partial charge in [-0.15, -0.1) is 0 Å². The number of aliphatic hydroxyl groups is 1. The highest BCUT2D eigenvalue weighted by atomic mass is 16.3. The van der Waals surface area contributed by atoms with E-state index in [0.29, 0.717) is 5.41 Å². The fourth-order valence-electron chi connectivity index (χ4n) is 1.85. The van der Waals surface area contributed by atoms with Crippen LogP contribution in [0, 0.1) is 5.41 Å². The van der Waals surface area contributed by atoms with Gasteiger partial charge in [0.1, 0.15) is 0 Å². The fourth-order valence-corrected chi connectivity index (χ4v) is 1.85. The van der Waals surface area contributed by atoms with E-state index in [1.54, 1.807) is 0 Å². The number of β-amino-alcohol motifs (C(OH)–C–C–N with tert-alkyl or cyclic N) is 1. The van der Waals surface area contributed by atoms with Crippen LogP contribution in [0.15, 0.2) is 0 Å². The molecule has 0 bridgehead atoms. The molecule has 2 nitrogen and oxygen atoms in total. The Hall–Kier alpha value is -0.0800. The molecule has 72 valence electrons. The number of rotatable bonds is 1. The second kappa shape index (κ2) is 3.75. The lowest BCUT2D eigenvalue weighted by molar-refractivity contribution is 0.0534. The van der Waals surface area contributed by atoms with Crippen molar-refractivity contribution in [2.24, 2.45) is 5.41 Å². The highest BCUT2D eigenvalue weighted by molar-refractivity contribution is 4.76. The molecule has 0 amide bonds. The first-order valence-corrected chi connectivity index (χ1v) is 4.88. The molecule has 1 heterocycles. The summed E-state index contributed by atoms with van der Waals surface area (Å²) in [6.07, 6.45) is 2.05. The molecule has 1 atom stereocenters. The Kier molecular flexibility index (Phi) is 3.13. The number of likely N-dealkylation sites (tertiary alicyclic amines) is 1. The van der Waals surface area contributed by atoms with E-state index in [1.165, 1.54) is 0 Å². The monoisotopic (exact) mass is 171 g/mol. The van der Waals surface area contributed by atoms with Gasteiger partial charge in [-0.2, -0.15) is 0 Å². The number of piperidine rings is 1. The Morgan fingerprint density at radius 2 is 2.08 bits per heavy atom. The standard InChI is InChI=1S/C10H21NO/c1-10(2,3)8-11-6-4-5-9(12)7-11/h9,12H,4-8H2,1-3H3/t9-/m1/s1. The van der Waals surface area contributed by atoms with Crippen molar-refractivity contribution in [3.8, 4) is 0 Å². The molecule has 1 saturated heterocycles. The molecule has 1 N–H and O–H groups in total. The van der Waals surface area contributed by atoms with Crippen molar-refractivity contribution in [1.82, 2.24) is 4.90 Å². The van der Waals surface area contributed by atoms with Gasteiger partial charge in [0.2, 0.25) is 0 Å². The molecule has 0 aromatic rings. The molecule has 0 spiro atoms. The summed E-state index contributed by atoms with van der Waals surface area (Å²) < 4.78 is 0. The summed E-state index contributed by atoms with van der Waals surface area (Å²) in [4.78, 5) is 2.37. The predicted molar refractivity (Wildman–Crippen MR) is 51.1 cm³/mol. The maximum Gasteiger partial charge on any atom is 0.0667 e. The van der Waals surface area contributed by atoms with E-state index in [-0.39, 0.29) is 6.10 Å². The summed E-state index contributed by atoms with van der Waals surface area (Å²) in [7, 11) is 0. The lowest BCUT2D eigenvalue weighted by atomic mass is 9.94. The quantitative estimate of drug-likeness (QED) is 0.646. The zero-order valence-electron chi connectivity index (χ0n) is 8.51. The van der Waals surface area contributed by atoms with Gasteiger partial charge in [0.05, 0.1) is 6.10 Å². The molecule has 0 unspecified atom stereocenters. The van der Waals surface area contributed by atoms with Crippen LogP contribution in [0.2, 0.25) is 0 Å². The van der Waals surface area contributed by atoms with Gasteiger partial charge in [0.25, 0.3) is 0 Å². The van der Waals surface area contributed by atoms with Crippen LogP contribution in [0.25, 0.3) is 0 Å².